The van der Waals surface area contributed by atoms with Crippen molar-refractivity contribution < 1.29 is 0 Å². The van der Waals surface area contributed by atoms with Crippen LogP contribution < -0.4 is 24.3 Å². The second-order valence-electron chi connectivity index (χ2n) is 2.17. The van der Waals surface area contributed by atoms with Gasteiger partial charge in [-0.25, -0.2) is 0 Å². The number of hydrogen-bond donors (Lipinski definition) is 5. The summed E-state index contributed by atoms with van der Waals surface area (Å²) in [6.07, 6.45) is 0. The monoisotopic (exact) mass is 303 g/mol. The fourth-order valence-corrected chi connectivity index (χ4v) is 9.41. The standard InChI is InChI=1S/C3H15N6Si6/c1-5-13-8-15(7-11-3)9(12-4)14-6-10-2/h5-8H,4H2,1-3H3. The van der Waals surface area contributed by atoms with Crippen LogP contribution in [0.5, 0.6) is 0 Å². The summed E-state index contributed by atoms with van der Waals surface area (Å²) in [5.74, 6) is 0. The molecule has 11 radical (unpaired) electrons. The summed E-state index contributed by atoms with van der Waals surface area (Å²) in [7, 11) is 4.12. The van der Waals surface area contributed by atoms with E-state index >= 15 is 0 Å². The van der Waals surface area contributed by atoms with Crippen LogP contribution in [0.25, 0.3) is 0 Å². The third kappa shape index (κ3) is 7.88. The molecule has 81 valence electrons. The van der Waals surface area contributed by atoms with Gasteiger partial charge in [0, 0.05) is 0 Å². The molecule has 0 fully saturated rings. The Bertz CT molecular complexity index is 140. The molecule has 0 spiro atoms. The summed E-state index contributed by atoms with van der Waals surface area (Å²) in [6, 6.07) is 0. The molecule has 0 heterocycles. The summed E-state index contributed by atoms with van der Waals surface area (Å²) in [5, 5.41) is 5.77. The highest BCUT2D eigenvalue weighted by Crippen LogP contribution is 1.79. The van der Waals surface area contributed by atoms with Gasteiger partial charge in [-0.2, -0.15) is 0 Å². The van der Waals surface area contributed by atoms with Gasteiger partial charge in [0.15, 0.2) is 0 Å². The van der Waals surface area contributed by atoms with Gasteiger partial charge in [-0.05, 0) is 7.05 Å². The van der Waals surface area contributed by atoms with Crippen molar-refractivity contribution in [2.45, 2.75) is 13.1 Å². The molecule has 0 aliphatic rings. The molecule has 0 aliphatic carbocycles. The van der Waals surface area contributed by atoms with Crippen molar-refractivity contribution in [2.75, 3.05) is 7.05 Å². The molecule has 0 aromatic rings. The zero-order valence-corrected chi connectivity index (χ0v) is 15.0. The number of hydrogen-bond acceptors (Lipinski definition) is 6. The van der Waals surface area contributed by atoms with E-state index in [1.54, 1.807) is 0 Å². The Balaban J connectivity index is 4.00. The highest BCUT2D eigenvalue weighted by atomic mass is 28.4. The van der Waals surface area contributed by atoms with E-state index < -0.39 is 9.28 Å². The lowest BCUT2D eigenvalue weighted by Gasteiger charge is -2.27. The lowest BCUT2D eigenvalue weighted by atomic mass is 11.6. The average Bonchev–Trinajstić information content (AvgIpc) is 2.26. The minimum absolute atomic E-state index is 0.349. The number of rotatable bonds is 10. The lowest BCUT2D eigenvalue weighted by molar-refractivity contribution is 0.956. The van der Waals surface area contributed by atoms with Crippen molar-refractivity contribution in [3.63, 3.8) is 0 Å². The van der Waals surface area contributed by atoms with Gasteiger partial charge < -0.3 is 28.2 Å². The maximum Gasteiger partial charge on any atom is 0.295 e. The summed E-state index contributed by atoms with van der Waals surface area (Å²) in [6.45, 7) is 4.28. The van der Waals surface area contributed by atoms with E-state index in [1.807, 2.05) is 7.05 Å². The van der Waals surface area contributed by atoms with E-state index in [0.717, 1.165) is 19.4 Å². The van der Waals surface area contributed by atoms with Crippen LogP contribution in [0.1, 0.15) is 0 Å². The van der Waals surface area contributed by atoms with Gasteiger partial charge in [-0.15, -0.1) is 0 Å². The van der Waals surface area contributed by atoms with E-state index in [0.29, 0.717) is 29.5 Å². The first-order chi connectivity index (χ1) is 7.29. The molecule has 0 saturated heterocycles. The van der Waals surface area contributed by atoms with E-state index in [-0.39, 0.29) is 0 Å². The maximum atomic E-state index is 5.77. The molecule has 0 rings (SSSR count). The number of nitrogens with one attached hydrogen (secondary N) is 4. The van der Waals surface area contributed by atoms with E-state index in [4.69, 9.17) is 5.40 Å². The van der Waals surface area contributed by atoms with Gasteiger partial charge in [0.2, 0.25) is 29.5 Å². The first-order valence-electron chi connectivity index (χ1n) is 4.21. The third-order valence-electron chi connectivity index (χ3n) is 1.19. The molecule has 6 nitrogen and oxygen atoms in total. The first kappa shape index (κ1) is 16.1. The largest absolute Gasteiger partial charge is 0.351 e. The fourth-order valence-electron chi connectivity index (χ4n) is 0.648. The molecule has 0 unspecified atom stereocenters. The SMILES string of the molecule is CN[Si]N[Si](N[Si]C)N([Si]N)[Si]N[Si]C. The summed E-state index contributed by atoms with van der Waals surface area (Å²) < 4.78 is 12.6. The van der Waals surface area contributed by atoms with Crippen LogP contribution in [0.2, 0.25) is 13.1 Å². The van der Waals surface area contributed by atoms with Crippen LogP contribution in [0.4, 0.5) is 0 Å². The molecule has 0 aliphatic heterocycles. The molecule has 15 heavy (non-hydrogen) atoms. The average molecular weight is 304 g/mol. The Labute approximate surface area is 106 Å². The molecule has 0 aromatic heterocycles. The highest BCUT2D eigenvalue weighted by Gasteiger charge is 2.20. The fraction of sp³-hybridized carbons (Fsp3) is 1.00. The van der Waals surface area contributed by atoms with Gasteiger partial charge in [0.25, 0.3) is 9.28 Å². The second kappa shape index (κ2) is 11.5. The Kier molecular flexibility index (Phi) is 12.4. The molecule has 0 bridgehead atoms. The van der Waals surface area contributed by atoms with E-state index in [1.165, 1.54) is 0 Å². The molecule has 0 atom stereocenters. The van der Waals surface area contributed by atoms with Crippen LogP contribution in [-0.4, -0.2) is 69.1 Å². The van der Waals surface area contributed by atoms with Crippen molar-refractivity contribution in [1.82, 2.24) is 22.8 Å². The lowest BCUT2D eigenvalue weighted by Crippen LogP contribution is -2.68. The van der Waals surface area contributed by atoms with Crippen molar-refractivity contribution >= 4 is 58.2 Å². The quantitative estimate of drug-likeness (QED) is 0.266. The molecule has 0 aromatic carbocycles. The predicted molar refractivity (Wildman–Crippen MR) is 70.7 cm³/mol. The van der Waals surface area contributed by atoms with Crippen LogP contribution in [0.3, 0.4) is 0 Å². The van der Waals surface area contributed by atoms with Crippen molar-refractivity contribution in [3.05, 3.63) is 0 Å². The normalized spacial score (nSPS) is 11.6. The Hall–Kier alpha value is 1.06. The van der Waals surface area contributed by atoms with Crippen molar-refractivity contribution in [2.24, 2.45) is 5.40 Å². The Morgan fingerprint density at radius 1 is 1.20 bits per heavy atom. The smallest absolute Gasteiger partial charge is 0.295 e. The molecular formula is C3H15N6Si6. The minimum Gasteiger partial charge on any atom is -0.351 e. The molecule has 0 amide bonds. The number of nitrogens with zero attached hydrogens (tertiary/aromatic N) is 1. The van der Waals surface area contributed by atoms with Crippen molar-refractivity contribution in [3.8, 4) is 0 Å². The maximum absolute atomic E-state index is 5.77. The summed E-state index contributed by atoms with van der Waals surface area (Å²) in [5.41, 5.74) is 0. The van der Waals surface area contributed by atoms with E-state index in [9.17, 15) is 0 Å². The molecule has 6 N–H and O–H groups in total. The minimum atomic E-state index is -0.883. The summed E-state index contributed by atoms with van der Waals surface area (Å²) in [4.78, 5) is 3.12. The van der Waals surface area contributed by atoms with Gasteiger partial charge in [0.1, 0.15) is 19.4 Å². The first-order valence-corrected chi connectivity index (χ1v) is 11.6. The zero-order chi connectivity index (χ0) is 11.5. The van der Waals surface area contributed by atoms with Crippen LogP contribution in [0.15, 0.2) is 0 Å². The van der Waals surface area contributed by atoms with Gasteiger partial charge >= 0.3 is 0 Å². The molecule has 0 saturated carbocycles. The van der Waals surface area contributed by atoms with Crippen LogP contribution >= 0.6 is 0 Å². The zero-order valence-electron chi connectivity index (χ0n) is 9.02. The molecular weight excluding hydrogens is 289 g/mol. The number of nitrogens with two attached hydrogens (primary N) is 1. The van der Waals surface area contributed by atoms with Crippen molar-refractivity contribution in [1.29, 1.82) is 0 Å². The Morgan fingerprint density at radius 3 is 2.40 bits per heavy atom. The summed E-state index contributed by atoms with van der Waals surface area (Å²) >= 11 is 0. The second-order valence-corrected chi connectivity index (χ2v) is 10.8. The van der Waals surface area contributed by atoms with Crippen LogP contribution in [0, 0.1) is 0 Å². The van der Waals surface area contributed by atoms with Gasteiger partial charge in [-0.3, -0.25) is 0 Å². The Morgan fingerprint density at radius 2 is 1.93 bits per heavy atom. The van der Waals surface area contributed by atoms with Gasteiger partial charge in [0.05, 0.1) is 0 Å². The topological polar surface area (TPSA) is 77.4 Å². The predicted octanol–water partition coefficient (Wildman–Crippen LogP) is -3.84. The molecule has 12 heteroatoms. The van der Waals surface area contributed by atoms with Crippen LogP contribution in [-0.2, 0) is 0 Å². The highest BCUT2D eigenvalue weighted by molar-refractivity contribution is 6.79. The third-order valence-corrected chi connectivity index (χ3v) is 10.0. The van der Waals surface area contributed by atoms with Gasteiger partial charge in [-0.1, -0.05) is 13.1 Å². The van der Waals surface area contributed by atoms with E-state index in [2.05, 4.69) is 35.9 Å².